The molecule has 1 unspecified atom stereocenters. The minimum Gasteiger partial charge on any atom is -0.497 e. The summed E-state index contributed by atoms with van der Waals surface area (Å²) in [5.74, 6) is 0.614. The molecule has 0 saturated carbocycles. The van der Waals surface area contributed by atoms with E-state index in [9.17, 15) is 4.79 Å². The Kier molecular flexibility index (Phi) is 6.82. The Morgan fingerprint density at radius 2 is 1.82 bits per heavy atom. The number of amides is 1. The number of nitrogens with one attached hydrogen (secondary N) is 1. The average Bonchev–Trinajstić information content (AvgIpc) is 3.09. The van der Waals surface area contributed by atoms with Crippen LogP contribution in [0, 0.1) is 6.92 Å². The highest BCUT2D eigenvalue weighted by Crippen LogP contribution is 2.50. The molecule has 1 atom stereocenters. The third-order valence-electron chi connectivity index (χ3n) is 6.45. The monoisotopic (exact) mass is 453 g/mol. The normalized spacial score (nSPS) is 18.4. The molecule has 0 aromatic heterocycles. The van der Waals surface area contributed by atoms with Crippen LogP contribution in [-0.4, -0.2) is 25.8 Å². The molecule has 3 aromatic rings. The van der Waals surface area contributed by atoms with Crippen LogP contribution < -0.4 is 15.1 Å². The lowest BCUT2D eigenvalue weighted by Crippen LogP contribution is -2.30. The number of hydrazone groups is 1. The molecule has 0 fully saturated rings. The van der Waals surface area contributed by atoms with Crippen LogP contribution in [0.25, 0.3) is 0 Å². The Morgan fingerprint density at radius 1 is 1.09 bits per heavy atom. The molecular formula is C29H31N3O2. The van der Waals surface area contributed by atoms with Crippen LogP contribution in [0.3, 0.4) is 0 Å². The first-order chi connectivity index (χ1) is 16.5. The van der Waals surface area contributed by atoms with Gasteiger partial charge in [-0.1, -0.05) is 48.0 Å². The van der Waals surface area contributed by atoms with Gasteiger partial charge in [0, 0.05) is 35.1 Å². The summed E-state index contributed by atoms with van der Waals surface area (Å²) in [5, 5.41) is 4.22. The van der Waals surface area contributed by atoms with E-state index < -0.39 is 0 Å². The van der Waals surface area contributed by atoms with Crippen LogP contribution in [0.4, 0.5) is 5.69 Å². The van der Waals surface area contributed by atoms with Crippen molar-refractivity contribution in [3.05, 3.63) is 107 Å². The fourth-order valence-electron chi connectivity index (χ4n) is 4.66. The first-order valence-electron chi connectivity index (χ1n) is 11.6. The van der Waals surface area contributed by atoms with Gasteiger partial charge in [0.05, 0.1) is 7.11 Å². The number of fused-ring (bicyclic) bond motifs is 1. The van der Waals surface area contributed by atoms with Gasteiger partial charge in [-0.3, -0.25) is 4.79 Å². The fraction of sp³-hybridized carbons (Fsp3) is 0.241. The molecular weight excluding hydrogens is 422 g/mol. The molecule has 34 heavy (non-hydrogen) atoms. The van der Waals surface area contributed by atoms with Gasteiger partial charge in [0.15, 0.2) is 0 Å². The maximum atomic E-state index is 12.4. The molecule has 0 saturated heterocycles. The number of benzene rings is 3. The molecule has 5 heteroatoms. The molecule has 0 radical (unpaired) electrons. The SMILES string of the molecule is CCN1C(=CC=NNC(=O)c2ccc(C)cc2)C(C)(Cc2ccccc2)c2cc(OC)ccc21. The number of carbonyl (C=O) groups is 1. The van der Waals surface area contributed by atoms with Gasteiger partial charge in [0.1, 0.15) is 5.75 Å². The first kappa shape index (κ1) is 23.3. The second-order valence-electron chi connectivity index (χ2n) is 8.76. The van der Waals surface area contributed by atoms with Crippen LogP contribution in [0.5, 0.6) is 5.75 Å². The molecule has 1 aliphatic rings. The van der Waals surface area contributed by atoms with Crippen molar-refractivity contribution in [1.29, 1.82) is 0 Å². The minimum absolute atomic E-state index is 0.228. The molecule has 4 rings (SSSR count). The zero-order chi connectivity index (χ0) is 24.1. The molecule has 1 heterocycles. The van der Waals surface area contributed by atoms with Crippen molar-refractivity contribution in [3.8, 4) is 5.75 Å². The molecule has 3 aromatic carbocycles. The highest BCUT2D eigenvalue weighted by Gasteiger charge is 2.43. The Bertz CT molecular complexity index is 1220. The quantitative estimate of drug-likeness (QED) is 0.372. The summed E-state index contributed by atoms with van der Waals surface area (Å²) in [5.41, 5.74) is 8.84. The number of anilines is 1. The number of hydrogen-bond donors (Lipinski definition) is 1. The van der Waals surface area contributed by atoms with E-state index in [1.165, 1.54) is 16.8 Å². The molecule has 0 bridgehead atoms. The van der Waals surface area contributed by atoms with Crippen molar-refractivity contribution in [1.82, 2.24) is 5.43 Å². The number of methoxy groups -OCH3 is 1. The third kappa shape index (κ3) is 4.60. The molecule has 1 N–H and O–H groups in total. The van der Waals surface area contributed by atoms with Gasteiger partial charge in [-0.2, -0.15) is 5.10 Å². The van der Waals surface area contributed by atoms with Crippen LogP contribution in [0.15, 0.2) is 89.7 Å². The highest BCUT2D eigenvalue weighted by atomic mass is 16.5. The van der Waals surface area contributed by atoms with Crippen molar-refractivity contribution in [2.45, 2.75) is 32.6 Å². The first-order valence-corrected chi connectivity index (χ1v) is 11.6. The topological polar surface area (TPSA) is 53.9 Å². The molecule has 5 nitrogen and oxygen atoms in total. The number of rotatable bonds is 7. The Balaban J connectivity index is 1.66. The predicted molar refractivity (Wildman–Crippen MR) is 139 cm³/mol. The Labute approximate surface area is 201 Å². The van der Waals surface area contributed by atoms with Crippen molar-refractivity contribution in [2.75, 3.05) is 18.6 Å². The predicted octanol–water partition coefficient (Wildman–Crippen LogP) is 5.64. The van der Waals surface area contributed by atoms with Crippen LogP contribution in [0.1, 0.15) is 40.9 Å². The van der Waals surface area contributed by atoms with E-state index in [4.69, 9.17) is 4.74 Å². The summed E-state index contributed by atoms with van der Waals surface area (Å²) in [6, 6.07) is 24.2. The number of hydrogen-bond acceptors (Lipinski definition) is 4. The fourth-order valence-corrected chi connectivity index (χ4v) is 4.66. The zero-order valence-electron chi connectivity index (χ0n) is 20.2. The number of aryl methyl sites for hydroxylation is 1. The van der Waals surface area contributed by atoms with Gasteiger partial charge in [-0.15, -0.1) is 0 Å². The van der Waals surface area contributed by atoms with E-state index in [1.54, 1.807) is 25.5 Å². The van der Waals surface area contributed by atoms with Crippen molar-refractivity contribution in [3.63, 3.8) is 0 Å². The highest BCUT2D eigenvalue weighted by molar-refractivity contribution is 5.94. The number of ether oxygens (including phenoxy) is 1. The summed E-state index contributed by atoms with van der Waals surface area (Å²) >= 11 is 0. The maximum absolute atomic E-state index is 12.4. The molecule has 1 aliphatic heterocycles. The summed E-state index contributed by atoms with van der Waals surface area (Å²) in [6.07, 6.45) is 4.52. The van der Waals surface area contributed by atoms with Crippen LogP contribution >= 0.6 is 0 Å². The smallest absolute Gasteiger partial charge is 0.271 e. The van der Waals surface area contributed by atoms with E-state index in [-0.39, 0.29) is 11.3 Å². The van der Waals surface area contributed by atoms with Crippen molar-refractivity contribution in [2.24, 2.45) is 5.10 Å². The average molecular weight is 454 g/mol. The van der Waals surface area contributed by atoms with Gasteiger partial charge in [0.25, 0.3) is 5.91 Å². The van der Waals surface area contributed by atoms with Gasteiger partial charge >= 0.3 is 0 Å². The van der Waals surface area contributed by atoms with Gasteiger partial charge in [-0.05, 0) is 74.7 Å². The summed E-state index contributed by atoms with van der Waals surface area (Å²) < 4.78 is 5.55. The lowest BCUT2D eigenvalue weighted by Gasteiger charge is -2.30. The molecule has 0 aliphatic carbocycles. The third-order valence-corrected chi connectivity index (χ3v) is 6.45. The van der Waals surface area contributed by atoms with E-state index in [1.807, 2.05) is 37.3 Å². The summed E-state index contributed by atoms with van der Waals surface area (Å²) in [6.45, 7) is 7.22. The lowest BCUT2D eigenvalue weighted by atomic mass is 9.76. The van der Waals surface area contributed by atoms with E-state index >= 15 is 0 Å². The molecule has 0 spiro atoms. The van der Waals surface area contributed by atoms with Gasteiger partial charge in [0.2, 0.25) is 0 Å². The number of carbonyl (C=O) groups excluding carboxylic acids is 1. The van der Waals surface area contributed by atoms with Crippen molar-refractivity contribution < 1.29 is 9.53 Å². The summed E-state index contributed by atoms with van der Waals surface area (Å²) in [7, 11) is 1.70. The van der Waals surface area contributed by atoms with Crippen LogP contribution in [-0.2, 0) is 11.8 Å². The minimum atomic E-state index is -0.284. The Morgan fingerprint density at radius 3 is 2.50 bits per heavy atom. The van der Waals surface area contributed by atoms with Gasteiger partial charge in [-0.25, -0.2) is 5.43 Å². The van der Waals surface area contributed by atoms with E-state index in [0.29, 0.717) is 5.56 Å². The van der Waals surface area contributed by atoms with Crippen LogP contribution in [0.2, 0.25) is 0 Å². The molecule has 1 amide bonds. The summed E-state index contributed by atoms with van der Waals surface area (Å²) in [4.78, 5) is 14.7. The van der Waals surface area contributed by atoms with Crippen molar-refractivity contribution >= 4 is 17.8 Å². The zero-order valence-corrected chi connectivity index (χ0v) is 20.2. The number of likely N-dealkylation sites (N-methyl/N-ethyl adjacent to an activating group) is 1. The lowest BCUT2D eigenvalue weighted by molar-refractivity contribution is 0.0955. The second-order valence-corrected chi connectivity index (χ2v) is 8.76. The van der Waals surface area contributed by atoms with Gasteiger partial charge < -0.3 is 9.64 Å². The maximum Gasteiger partial charge on any atom is 0.271 e. The molecule has 174 valence electrons. The number of allylic oxidation sites excluding steroid dienone is 2. The largest absolute Gasteiger partial charge is 0.497 e. The Hall–Kier alpha value is -3.86. The standard InChI is InChI=1S/C29H31N3O2/c1-5-32-26-16-15-24(34-4)19-25(26)29(3,20-22-9-7-6-8-10-22)27(32)17-18-30-31-28(33)23-13-11-21(2)12-14-23/h6-19H,5,20H2,1-4H3,(H,31,33). The van der Waals surface area contributed by atoms with E-state index in [2.05, 4.69) is 65.7 Å². The van der Waals surface area contributed by atoms with E-state index in [0.717, 1.165) is 30.0 Å². The second kappa shape index (κ2) is 9.96. The number of nitrogens with zero attached hydrogens (tertiary/aromatic N) is 2.